The summed E-state index contributed by atoms with van der Waals surface area (Å²) in [5, 5.41) is 2.14. The highest BCUT2D eigenvalue weighted by Crippen LogP contribution is 2.14. The molecule has 0 fully saturated rings. The Labute approximate surface area is 79.0 Å². The average molecular weight is 267 g/mol. The Bertz CT molecular complexity index is 207. The van der Waals surface area contributed by atoms with Crippen molar-refractivity contribution < 1.29 is 0 Å². The first-order valence-electron chi connectivity index (χ1n) is 3.28. The monoisotopic (exact) mass is 267 g/mol. The molecule has 10 heavy (non-hydrogen) atoms. The van der Waals surface area contributed by atoms with E-state index in [1.807, 2.05) is 0 Å². The topological polar surface area (TPSA) is 12.9 Å². The van der Waals surface area contributed by atoms with Gasteiger partial charge in [0.05, 0.1) is 5.69 Å². The minimum absolute atomic E-state index is 0.720. The molecular weight excluding hydrogens is 257 g/mol. The van der Waals surface area contributed by atoms with Crippen LogP contribution in [0.15, 0.2) is 5.38 Å². The summed E-state index contributed by atoms with van der Waals surface area (Å²) < 4.78 is 1.15. The molecule has 0 saturated heterocycles. The van der Waals surface area contributed by atoms with Gasteiger partial charge in [-0.3, -0.25) is 0 Å². The van der Waals surface area contributed by atoms with Crippen LogP contribution in [0.3, 0.4) is 0 Å². The standard InChI is InChI=1S/C7H10INS/c1-5(2)3-6-4-10-7(8)9-6/h4-5H,3H2,1-2H3. The maximum Gasteiger partial charge on any atom is 0.154 e. The predicted octanol–water partition coefficient (Wildman–Crippen LogP) is 2.95. The fraction of sp³-hybridized carbons (Fsp3) is 0.571. The second-order valence-electron chi connectivity index (χ2n) is 2.69. The van der Waals surface area contributed by atoms with Crippen LogP contribution in [-0.4, -0.2) is 4.98 Å². The minimum Gasteiger partial charge on any atom is -0.235 e. The molecule has 0 atom stereocenters. The van der Waals surface area contributed by atoms with E-state index < -0.39 is 0 Å². The van der Waals surface area contributed by atoms with Crippen LogP contribution in [0.5, 0.6) is 0 Å². The zero-order valence-electron chi connectivity index (χ0n) is 6.10. The number of hydrogen-bond donors (Lipinski definition) is 0. The summed E-state index contributed by atoms with van der Waals surface area (Å²) in [7, 11) is 0. The molecule has 0 radical (unpaired) electrons. The van der Waals surface area contributed by atoms with Crippen LogP contribution in [0.1, 0.15) is 19.5 Å². The summed E-state index contributed by atoms with van der Waals surface area (Å²) in [6.45, 7) is 4.43. The van der Waals surface area contributed by atoms with E-state index in [0.29, 0.717) is 0 Å². The molecule has 1 rings (SSSR count). The van der Waals surface area contributed by atoms with Gasteiger partial charge in [-0.15, -0.1) is 11.3 Å². The molecule has 0 amide bonds. The molecule has 0 unspecified atom stereocenters. The van der Waals surface area contributed by atoms with Gasteiger partial charge in [0.2, 0.25) is 0 Å². The van der Waals surface area contributed by atoms with Crippen molar-refractivity contribution >= 4 is 33.9 Å². The summed E-state index contributed by atoms with van der Waals surface area (Å²) in [4.78, 5) is 4.36. The number of rotatable bonds is 2. The summed E-state index contributed by atoms with van der Waals surface area (Å²) in [5.41, 5.74) is 1.24. The van der Waals surface area contributed by atoms with Gasteiger partial charge < -0.3 is 0 Å². The highest BCUT2D eigenvalue weighted by atomic mass is 127. The Morgan fingerprint density at radius 3 is 2.80 bits per heavy atom. The zero-order chi connectivity index (χ0) is 7.56. The normalized spacial score (nSPS) is 10.8. The number of nitrogens with zero attached hydrogens (tertiary/aromatic N) is 1. The summed E-state index contributed by atoms with van der Waals surface area (Å²) in [5.74, 6) is 0.720. The van der Waals surface area contributed by atoms with E-state index in [0.717, 1.165) is 15.4 Å². The molecular formula is C7H10INS. The first kappa shape index (κ1) is 8.46. The van der Waals surface area contributed by atoms with E-state index in [9.17, 15) is 0 Å². The Balaban J connectivity index is 2.58. The van der Waals surface area contributed by atoms with Crippen molar-refractivity contribution in [3.05, 3.63) is 14.1 Å². The number of halogens is 1. The Hall–Kier alpha value is 0.360. The zero-order valence-corrected chi connectivity index (χ0v) is 9.07. The van der Waals surface area contributed by atoms with Crippen molar-refractivity contribution in [3.63, 3.8) is 0 Å². The lowest BCUT2D eigenvalue weighted by molar-refractivity contribution is 0.637. The van der Waals surface area contributed by atoms with Crippen LogP contribution in [0.2, 0.25) is 0 Å². The predicted molar refractivity (Wildman–Crippen MR) is 53.4 cm³/mol. The van der Waals surface area contributed by atoms with Crippen LogP contribution in [-0.2, 0) is 6.42 Å². The first-order chi connectivity index (χ1) is 4.68. The molecule has 1 nitrogen and oxygen atoms in total. The van der Waals surface area contributed by atoms with Crippen LogP contribution < -0.4 is 0 Å². The van der Waals surface area contributed by atoms with Gasteiger partial charge >= 0.3 is 0 Å². The molecule has 0 aromatic carbocycles. The quantitative estimate of drug-likeness (QED) is 0.751. The average Bonchev–Trinajstić information content (AvgIpc) is 2.13. The van der Waals surface area contributed by atoms with E-state index in [4.69, 9.17) is 0 Å². The maximum atomic E-state index is 4.36. The number of hydrogen-bond acceptors (Lipinski definition) is 2. The number of aromatic nitrogens is 1. The highest BCUT2D eigenvalue weighted by Gasteiger charge is 2.00. The van der Waals surface area contributed by atoms with E-state index in [1.165, 1.54) is 5.69 Å². The van der Waals surface area contributed by atoms with Crippen molar-refractivity contribution in [2.75, 3.05) is 0 Å². The third-order valence-electron chi connectivity index (χ3n) is 1.14. The van der Waals surface area contributed by atoms with Gasteiger partial charge in [-0.25, -0.2) is 4.98 Å². The van der Waals surface area contributed by atoms with Gasteiger partial charge in [0, 0.05) is 5.38 Å². The van der Waals surface area contributed by atoms with Crippen LogP contribution in [0.25, 0.3) is 0 Å². The van der Waals surface area contributed by atoms with Crippen LogP contribution >= 0.6 is 33.9 Å². The summed E-state index contributed by atoms with van der Waals surface area (Å²) >= 11 is 3.98. The highest BCUT2D eigenvalue weighted by molar-refractivity contribution is 14.1. The smallest absolute Gasteiger partial charge is 0.154 e. The van der Waals surface area contributed by atoms with Gasteiger partial charge in [-0.2, -0.15) is 0 Å². The molecule has 0 aliphatic heterocycles. The van der Waals surface area contributed by atoms with Crippen LogP contribution in [0.4, 0.5) is 0 Å². The lowest BCUT2D eigenvalue weighted by atomic mass is 10.1. The summed E-state index contributed by atoms with van der Waals surface area (Å²) in [6.07, 6.45) is 1.11. The van der Waals surface area contributed by atoms with Crippen molar-refractivity contribution in [3.8, 4) is 0 Å². The second kappa shape index (κ2) is 3.67. The molecule has 3 heteroatoms. The maximum absolute atomic E-state index is 4.36. The molecule has 1 heterocycles. The molecule has 1 aromatic rings. The van der Waals surface area contributed by atoms with Crippen molar-refractivity contribution in [1.29, 1.82) is 0 Å². The molecule has 0 aliphatic rings. The molecule has 0 saturated carbocycles. The van der Waals surface area contributed by atoms with Crippen molar-refractivity contribution in [2.45, 2.75) is 20.3 Å². The third kappa shape index (κ3) is 2.54. The minimum atomic E-state index is 0.720. The molecule has 1 aromatic heterocycles. The van der Waals surface area contributed by atoms with E-state index >= 15 is 0 Å². The van der Waals surface area contributed by atoms with E-state index in [1.54, 1.807) is 11.3 Å². The fourth-order valence-corrected chi connectivity index (χ4v) is 2.04. The van der Waals surface area contributed by atoms with E-state index in [-0.39, 0.29) is 0 Å². The molecule has 56 valence electrons. The van der Waals surface area contributed by atoms with Crippen LogP contribution in [0, 0.1) is 8.93 Å². The molecule has 0 bridgehead atoms. The fourth-order valence-electron chi connectivity index (χ4n) is 0.794. The molecule has 0 N–H and O–H groups in total. The van der Waals surface area contributed by atoms with Gasteiger partial charge in [-0.05, 0) is 34.9 Å². The molecule has 0 aliphatic carbocycles. The largest absolute Gasteiger partial charge is 0.235 e. The third-order valence-corrected chi connectivity index (χ3v) is 2.82. The summed E-state index contributed by atoms with van der Waals surface area (Å²) in [6, 6.07) is 0. The number of thiazole rings is 1. The van der Waals surface area contributed by atoms with E-state index in [2.05, 4.69) is 46.8 Å². The lowest BCUT2D eigenvalue weighted by Gasteiger charge is -1.97. The van der Waals surface area contributed by atoms with Crippen molar-refractivity contribution in [2.24, 2.45) is 5.92 Å². The lowest BCUT2D eigenvalue weighted by Crippen LogP contribution is -1.93. The van der Waals surface area contributed by atoms with Gasteiger partial charge in [-0.1, -0.05) is 13.8 Å². The Morgan fingerprint density at radius 1 is 1.70 bits per heavy atom. The Morgan fingerprint density at radius 2 is 2.40 bits per heavy atom. The van der Waals surface area contributed by atoms with Gasteiger partial charge in [0.1, 0.15) is 0 Å². The second-order valence-corrected chi connectivity index (χ2v) is 5.30. The van der Waals surface area contributed by atoms with Gasteiger partial charge in [0.25, 0.3) is 0 Å². The Kier molecular flexibility index (Phi) is 3.10. The van der Waals surface area contributed by atoms with Gasteiger partial charge in [0.15, 0.2) is 3.01 Å². The molecule has 0 spiro atoms. The first-order valence-corrected chi connectivity index (χ1v) is 5.24. The SMILES string of the molecule is CC(C)Cc1csc(I)n1. The van der Waals surface area contributed by atoms with Crippen molar-refractivity contribution in [1.82, 2.24) is 4.98 Å².